The molecule has 0 radical (unpaired) electrons. The van der Waals surface area contributed by atoms with E-state index in [2.05, 4.69) is 104 Å². The number of hydrogen-bond acceptors (Lipinski definition) is 1. The van der Waals surface area contributed by atoms with Crippen LogP contribution in [0.15, 0.2) is 97.1 Å². The van der Waals surface area contributed by atoms with Gasteiger partial charge in [-0.05, 0) is 41.8 Å². The zero-order valence-electron chi connectivity index (χ0n) is 15.2. The van der Waals surface area contributed by atoms with Crippen molar-refractivity contribution in [1.82, 2.24) is 4.98 Å². The summed E-state index contributed by atoms with van der Waals surface area (Å²) in [5.41, 5.74) is 8.27. The number of hydrogen-bond donors (Lipinski definition) is 0. The van der Waals surface area contributed by atoms with Gasteiger partial charge in [-0.25, -0.2) is 4.98 Å². The zero-order chi connectivity index (χ0) is 18.2. The molecule has 0 atom stereocenters. The fourth-order valence-corrected chi connectivity index (χ4v) is 3.73. The molecule has 27 heavy (non-hydrogen) atoms. The summed E-state index contributed by atoms with van der Waals surface area (Å²) < 4.78 is 0. The minimum atomic E-state index is 1.03. The van der Waals surface area contributed by atoms with Gasteiger partial charge in [-0.3, -0.25) is 0 Å². The highest BCUT2D eigenvalue weighted by Gasteiger charge is 2.12. The van der Waals surface area contributed by atoms with Crippen molar-refractivity contribution in [3.05, 3.63) is 103 Å². The molecule has 5 aromatic rings. The normalized spacial score (nSPS) is 11.1. The first-order chi connectivity index (χ1) is 13.3. The number of benzene rings is 4. The summed E-state index contributed by atoms with van der Waals surface area (Å²) >= 11 is 0. The third kappa shape index (κ3) is 2.78. The fourth-order valence-electron chi connectivity index (χ4n) is 3.73. The number of nitrogens with zero attached hydrogens (tertiary/aromatic N) is 1. The van der Waals surface area contributed by atoms with E-state index in [9.17, 15) is 0 Å². The second-order valence-corrected chi connectivity index (χ2v) is 6.97. The Morgan fingerprint density at radius 3 is 2.00 bits per heavy atom. The third-order valence-corrected chi connectivity index (χ3v) is 5.13. The van der Waals surface area contributed by atoms with Crippen molar-refractivity contribution < 1.29 is 0 Å². The summed E-state index contributed by atoms with van der Waals surface area (Å²) in [5.74, 6) is 0. The van der Waals surface area contributed by atoms with E-state index in [1.807, 2.05) is 0 Å². The summed E-state index contributed by atoms with van der Waals surface area (Å²) in [6, 6.07) is 34.3. The Bertz CT molecular complexity index is 1250. The van der Waals surface area contributed by atoms with Crippen molar-refractivity contribution in [2.75, 3.05) is 0 Å². The molecule has 128 valence electrons. The molecule has 4 aromatic carbocycles. The average molecular weight is 345 g/mol. The molecule has 0 saturated heterocycles. The maximum absolute atomic E-state index is 4.91. The summed E-state index contributed by atoms with van der Waals surface area (Å²) in [5, 5.41) is 2.38. The van der Waals surface area contributed by atoms with Crippen molar-refractivity contribution in [2.45, 2.75) is 6.92 Å². The van der Waals surface area contributed by atoms with E-state index in [4.69, 9.17) is 4.98 Å². The summed E-state index contributed by atoms with van der Waals surface area (Å²) in [4.78, 5) is 4.91. The van der Waals surface area contributed by atoms with Crippen LogP contribution in [0.5, 0.6) is 0 Å². The number of pyridine rings is 1. The molecule has 1 heterocycles. The molecular weight excluding hydrogens is 326 g/mol. The molecule has 5 rings (SSSR count). The highest BCUT2D eigenvalue weighted by molar-refractivity contribution is 6.10. The lowest BCUT2D eigenvalue weighted by atomic mass is 9.94. The van der Waals surface area contributed by atoms with E-state index in [1.54, 1.807) is 0 Å². The molecule has 0 fully saturated rings. The lowest BCUT2D eigenvalue weighted by Gasteiger charge is -2.13. The maximum Gasteiger partial charge on any atom is 0.0716 e. The predicted molar refractivity (Wildman–Crippen MR) is 115 cm³/mol. The Balaban J connectivity index is 1.86. The van der Waals surface area contributed by atoms with Gasteiger partial charge in [0.2, 0.25) is 0 Å². The van der Waals surface area contributed by atoms with Gasteiger partial charge >= 0.3 is 0 Å². The van der Waals surface area contributed by atoms with Gasteiger partial charge in [0.05, 0.1) is 11.0 Å². The molecule has 0 unspecified atom stereocenters. The van der Waals surface area contributed by atoms with E-state index in [-0.39, 0.29) is 0 Å². The quantitative estimate of drug-likeness (QED) is 0.313. The molecule has 0 amide bonds. The maximum atomic E-state index is 4.91. The Kier molecular flexibility index (Phi) is 3.72. The van der Waals surface area contributed by atoms with E-state index in [1.165, 1.54) is 38.6 Å². The van der Waals surface area contributed by atoms with Crippen LogP contribution in [0.4, 0.5) is 0 Å². The van der Waals surface area contributed by atoms with E-state index >= 15 is 0 Å². The van der Waals surface area contributed by atoms with Crippen molar-refractivity contribution in [3.8, 4) is 22.3 Å². The van der Waals surface area contributed by atoms with Gasteiger partial charge in [0.25, 0.3) is 0 Å². The van der Waals surface area contributed by atoms with E-state index in [0.717, 1.165) is 11.0 Å². The minimum Gasteiger partial charge on any atom is -0.248 e. The zero-order valence-corrected chi connectivity index (χ0v) is 15.2. The first-order valence-corrected chi connectivity index (χ1v) is 9.24. The van der Waals surface area contributed by atoms with Crippen LogP contribution >= 0.6 is 0 Å². The van der Waals surface area contributed by atoms with E-state index < -0.39 is 0 Å². The number of aryl methyl sites for hydroxylation is 1. The van der Waals surface area contributed by atoms with Crippen molar-refractivity contribution in [2.24, 2.45) is 0 Å². The molecule has 0 N–H and O–H groups in total. The number of aromatic nitrogens is 1. The molecule has 0 bridgehead atoms. The van der Waals surface area contributed by atoms with Crippen LogP contribution in [0.2, 0.25) is 0 Å². The number of rotatable bonds is 2. The lowest BCUT2D eigenvalue weighted by Crippen LogP contribution is -1.90. The van der Waals surface area contributed by atoms with Gasteiger partial charge in [0, 0.05) is 16.3 Å². The number of para-hydroxylation sites is 1. The van der Waals surface area contributed by atoms with Crippen molar-refractivity contribution in [3.63, 3.8) is 0 Å². The van der Waals surface area contributed by atoms with Crippen LogP contribution in [0.25, 0.3) is 44.1 Å². The predicted octanol–water partition coefficient (Wildman–Crippen LogP) is 7.03. The molecule has 0 spiro atoms. The van der Waals surface area contributed by atoms with Crippen LogP contribution in [-0.4, -0.2) is 4.98 Å². The third-order valence-electron chi connectivity index (χ3n) is 5.13. The molecule has 0 saturated carbocycles. The molecule has 0 aliphatic heterocycles. The standard InChI is InChI=1S/C26H19N/c1-18-11-13-19(14-12-18)21-15-16-25-23(17-21)26(20-7-3-2-4-8-20)22-9-5-6-10-24(22)27-25/h2-17H,1H3. The molecule has 1 aromatic heterocycles. The molecule has 1 heteroatoms. The van der Waals surface area contributed by atoms with Crippen LogP contribution in [0.3, 0.4) is 0 Å². The van der Waals surface area contributed by atoms with Crippen molar-refractivity contribution in [1.29, 1.82) is 0 Å². The Labute approximate surface area is 158 Å². The first-order valence-electron chi connectivity index (χ1n) is 9.24. The molecule has 1 nitrogen and oxygen atoms in total. The topological polar surface area (TPSA) is 12.9 Å². The minimum absolute atomic E-state index is 1.03. The first kappa shape index (κ1) is 15.8. The van der Waals surface area contributed by atoms with Crippen molar-refractivity contribution >= 4 is 21.8 Å². The highest BCUT2D eigenvalue weighted by atomic mass is 14.7. The van der Waals surface area contributed by atoms with E-state index in [0.29, 0.717) is 0 Å². The molecular formula is C26H19N. The van der Waals surface area contributed by atoms with Gasteiger partial charge in [-0.15, -0.1) is 0 Å². The van der Waals surface area contributed by atoms with Gasteiger partial charge < -0.3 is 0 Å². The largest absolute Gasteiger partial charge is 0.248 e. The second kappa shape index (κ2) is 6.37. The van der Waals surface area contributed by atoms with Crippen LogP contribution in [-0.2, 0) is 0 Å². The second-order valence-electron chi connectivity index (χ2n) is 6.97. The summed E-state index contributed by atoms with van der Waals surface area (Å²) in [6.07, 6.45) is 0. The average Bonchev–Trinajstić information content (AvgIpc) is 2.73. The van der Waals surface area contributed by atoms with Gasteiger partial charge in [0.15, 0.2) is 0 Å². The molecule has 0 aliphatic carbocycles. The smallest absolute Gasteiger partial charge is 0.0716 e. The highest BCUT2D eigenvalue weighted by Crippen LogP contribution is 2.36. The Hall–Kier alpha value is -3.45. The van der Waals surface area contributed by atoms with Crippen LogP contribution in [0, 0.1) is 6.92 Å². The van der Waals surface area contributed by atoms with Gasteiger partial charge in [-0.2, -0.15) is 0 Å². The van der Waals surface area contributed by atoms with Crippen LogP contribution < -0.4 is 0 Å². The Morgan fingerprint density at radius 2 is 1.19 bits per heavy atom. The molecule has 0 aliphatic rings. The lowest BCUT2D eigenvalue weighted by molar-refractivity contribution is 1.46. The SMILES string of the molecule is Cc1ccc(-c2ccc3nc4ccccc4c(-c4ccccc4)c3c2)cc1. The monoisotopic (exact) mass is 345 g/mol. The van der Waals surface area contributed by atoms with Gasteiger partial charge in [0.1, 0.15) is 0 Å². The summed E-state index contributed by atoms with van der Waals surface area (Å²) in [6.45, 7) is 2.12. The van der Waals surface area contributed by atoms with Gasteiger partial charge in [-0.1, -0.05) is 84.4 Å². The summed E-state index contributed by atoms with van der Waals surface area (Å²) in [7, 11) is 0. The fraction of sp³-hybridized carbons (Fsp3) is 0.0385. The number of fused-ring (bicyclic) bond motifs is 2. The Morgan fingerprint density at radius 1 is 0.519 bits per heavy atom. The van der Waals surface area contributed by atoms with Crippen LogP contribution in [0.1, 0.15) is 5.56 Å².